The molecule has 0 aliphatic carbocycles. The molecule has 2 heterocycles. The maximum absolute atomic E-state index is 14.3. The molecular weight excluding hydrogens is 365 g/mol. The number of hydrogen-bond acceptors (Lipinski definition) is 4. The lowest BCUT2D eigenvalue weighted by Crippen LogP contribution is -2.34. The van der Waals surface area contributed by atoms with E-state index in [9.17, 15) is 9.18 Å². The molecule has 0 radical (unpaired) electrons. The molecule has 140 valence electrons. The summed E-state index contributed by atoms with van der Waals surface area (Å²) < 4.78 is 26.0. The number of halogens is 1. The van der Waals surface area contributed by atoms with Crippen LogP contribution in [-0.2, 0) is 17.8 Å². The van der Waals surface area contributed by atoms with E-state index in [0.717, 1.165) is 22.4 Å². The molecule has 3 aromatic rings. The van der Waals surface area contributed by atoms with Crippen LogP contribution >= 0.6 is 11.3 Å². The molecule has 0 fully saturated rings. The molecule has 1 atom stereocenters. The Labute approximate surface area is 160 Å². The fourth-order valence-corrected chi connectivity index (χ4v) is 4.61. The fourth-order valence-electron chi connectivity index (χ4n) is 3.47. The van der Waals surface area contributed by atoms with Crippen LogP contribution in [0.1, 0.15) is 20.8 Å². The summed E-state index contributed by atoms with van der Waals surface area (Å²) in [6.07, 6.45) is 0.864. The van der Waals surface area contributed by atoms with Crippen molar-refractivity contribution in [3.63, 3.8) is 0 Å². The van der Waals surface area contributed by atoms with Crippen molar-refractivity contribution in [1.82, 2.24) is 5.32 Å². The Balaban J connectivity index is 1.50. The summed E-state index contributed by atoms with van der Waals surface area (Å²) in [6, 6.07) is 12.9. The van der Waals surface area contributed by atoms with Crippen LogP contribution in [0.15, 0.2) is 42.5 Å². The van der Waals surface area contributed by atoms with E-state index in [4.69, 9.17) is 9.47 Å². The van der Waals surface area contributed by atoms with E-state index in [1.54, 1.807) is 13.2 Å². The number of methoxy groups -OCH3 is 1. The largest absolute Gasteiger partial charge is 0.493 e. The average Bonchev–Trinajstić information content (AvgIpc) is 3.06. The van der Waals surface area contributed by atoms with Gasteiger partial charge in [0.25, 0.3) is 5.91 Å². The second-order valence-corrected chi connectivity index (χ2v) is 7.71. The number of ether oxygens (including phenoxy) is 2. The number of fused-ring (bicyclic) bond motifs is 2. The summed E-state index contributed by atoms with van der Waals surface area (Å²) >= 11 is 1.30. The topological polar surface area (TPSA) is 47.6 Å². The number of thiophene rings is 1. The van der Waals surface area contributed by atoms with Crippen molar-refractivity contribution < 1.29 is 18.7 Å². The summed E-state index contributed by atoms with van der Waals surface area (Å²) in [5, 5.41) is 3.47. The van der Waals surface area contributed by atoms with Gasteiger partial charge in [-0.3, -0.25) is 4.79 Å². The minimum Gasteiger partial charge on any atom is -0.493 e. The van der Waals surface area contributed by atoms with Crippen molar-refractivity contribution in [2.24, 2.45) is 5.92 Å². The van der Waals surface area contributed by atoms with Gasteiger partial charge >= 0.3 is 0 Å². The lowest BCUT2D eigenvalue weighted by atomic mass is 9.97. The first-order valence-electron chi connectivity index (χ1n) is 8.85. The normalized spacial score (nSPS) is 16.0. The standard InChI is InChI=1S/C21H20FNO3S/c1-25-12-15-19-16(22)6-4-8-18(19)27-20(15)21(24)23-10-13-9-14-5-2-3-7-17(14)26-11-13/h2-8,13H,9-12H2,1H3,(H,23,24)/t13-/m1/s1. The van der Waals surface area contributed by atoms with Crippen LogP contribution < -0.4 is 10.1 Å². The molecule has 1 N–H and O–H groups in total. The second kappa shape index (κ2) is 7.66. The maximum atomic E-state index is 14.3. The molecule has 0 saturated heterocycles. The van der Waals surface area contributed by atoms with Gasteiger partial charge in [-0.25, -0.2) is 4.39 Å². The van der Waals surface area contributed by atoms with Gasteiger partial charge in [-0.1, -0.05) is 24.3 Å². The monoisotopic (exact) mass is 385 g/mol. The molecule has 0 saturated carbocycles. The molecule has 1 aliphatic heterocycles. The number of hydrogen-bond donors (Lipinski definition) is 1. The van der Waals surface area contributed by atoms with Crippen molar-refractivity contribution >= 4 is 27.3 Å². The highest BCUT2D eigenvalue weighted by atomic mass is 32.1. The first-order chi connectivity index (χ1) is 13.2. The molecule has 0 unspecified atom stereocenters. The van der Waals surface area contributed by atoms with Crippen LogP contribution in [0.25, 0.3) is 10.1 Å². The van der Waals surface area contributed by atoms with Crippen molar-refractivity contribution in [2.45, 2.75) is 13.0 Å². The van der Waals surface area contributed by atoms with Gasteiger partial charge in [0, 0.05) is 35.2 Å². The number of nitrogens with one attached hydrogen (secondary N) is 1. The van der Waals surface area contributed by atoms with Gasteiger partial charge in [0.1, 0.15) is 11.6 Å². The van der Waals surface area contributed by atoms with Crippen molar-refractivity contribution in [1.29, 1.82) is 0 Å². The van der Waals surface area contributed by atoms with E-state index in [0.29, 0.717) is 29.0 Å². The second-order valence-electron chi connectivity index (χ2n) is 6.65. The molecule has 1 aromatic heterocycles. The van der Waals surface area contributed by atoms with Gasteiger partial charge in [-0.2, -0.15) is 0 Å². The summed E-state index contributed by atoms with van der Waals surface area (Å²) in [5.74, 6) is 0.608. The van der Waals surface area contributed by atoms with E-state index in [1.807, 2.05) is 24.3 Å². The Morgan fingerprint density at radius 2 is 2.15 bits per heavy atom. The molecule has 2 aromatic carbocycles. The predicted molar refractivity (Wildman–Crippen MR) is 104 cm³/mol. The van der Waals surface area contributed by atoms with Gasteiger partial charge < -0.3 is 14.8 Å². The highest BCUT2D eigenvalue weighted by molar-refractivity contribution is 7.21. The summed E-state index contributed by atoms with van der Waals surface area (Å²) in [5.41, 5.74) is 1.77. The number of benzene rings is 2. The number of carbonyl (C=O) groups is 1. The van der Waals surface area contributed by atoms with E-state index in [2.05, 4.69) is 11.4 Å². The van der Waals surface area contributed by atoms with Crippen LogP contribution in [-0.4, -0.2) is 26.2 Å². The van der Waals surface area contributed by atoms with Crippen LogP contribution in [0.2, 0.25) is 0 Å². The third kappa shape index (κ3) is 3.55. The number of carbonyl (C=O) groups excluding carboxylic acids is 1. The lowest BCUT2D eigenvalue weighted by molar-refractivity contribution is 0.0939. The van der Waals surface area contributed by atoms with Crippen LogP contribution in [0.5, 0.6) is 5.75 Å². The Hall–Kier alpha value is -2.44. The van der Waals surface area contributed by atoms with Gasteiger partial charge in [0.15, 0.2) is 0 Å². The zero-order valence-corrected chi connectivity index (χ0v) is 15.8. The highest BCUT2D eigenvalue weighted by Crippen LogP contribution is 2.34. The number of para-hydroxylation sites is 1. The summed E-state index contributed by atoms with van der Waals surface area (Å²) in [6.45, 7) is 1.28. The van der Waals surface area contributed by atoms with Crippen molar-refractivity contribution in [3.05, 3.63) is 64.3 Å². The Kier molecular flexibility index (Phi) is 5.09. The summed E-state index contributed by atoms with van der Waals surface area (Å²) in [4.78, 5) is 13.3. The lowest BCUT2D eigenvalue weighted by Gasteiger charge is -2.25. The molecule has 27 heavy (non-hydrogen) atoms. The van der Waals surface area contributed by atoms with E-state index < -0.39 is 0 Å². The van der Waals surface area contributed by atoms with Crippen molar-refractivity contribution in [2.75, 3.05) is 20.3 Å². The van der Waals surface area contributed by atoms with Gasteiger partial charge in [-0.15, -0.1) is 11.3 Å². The first-order valence-corrected chi connectivity index (χ1v) is 9.66. The molecule has 0 bridgehead atoms. The first kappa shape index (κ1) is 17.9. The number of amides is 1. The maximum Gasteiger partial charge on any atom is 0.261 e. The predicted octanol–water partition coefficient (Wildman–Crippen LogP) is 4.17. The Morgan fingerprint density at radius 1 is 1.30 bits per heavy atom. The van der Waals surface area contributed by atoms with Gasteiger partial charge in [0.05, 0.1) is 18.1 Å². The SMILES string of the molecule is COCc1c(C(=O)NC[C@@H]2COc3ccccc3C2)sc2cccc(F)c12. The molecular formula is C21H20FNO3S. The third-order valence-electron chi connectivity index (χ3n) is 4.77. The van der Waals surface area contributed by atoms with E-state index in [-0.39, 0.29) is 24.2 Å². The third-order valence-corrected chi connectivity index (χ3v) is 5.96. The summed E-state index contributed by atoms with van der Waals surface area (Å²) in [7, 11) is 1.54. The Morgan fingerprint density at radius 3 is 3.00 bits per heavy atom. The zero-order chi connectivity index (χ0) is 18.8. The number of rotatable bonds is 5. The molecule has 6 heteroatoms. The van der Waals surface area contributed by atoms with Crippen LogP contribution in [0, 0.1) is 11.7 Å². The molecule has 4 nitrogen and oxygen atoms in total. The smallest absolute Gasteiger partial charge is 0.261 e. The minimum atomic E-state index is -0.327. The van der Waals surface area contributed by atoms with E-state index >= 15 is 0 Å². The minimum absolute atomic E-state index is 0.193. The van der Waals surface area contributed by atoms with Gasteiger partial charge in [0.2, 0.25) is 0 Å². The molecule has 4 rings (SSSR count). The molecule has 0 spiro atoms. The zero-order valence-electron chi connectivity index (χ0n) is 15.0. The molecule has 1 amide bonds. The van der Waals surface area contributed by atoms with Gasteiger partial charge in [-0.05, 0) is 30.2 Å². The van der Waals surface area contributed by atoms with E-state index in [1.165, 1.54) is 17.4 Å². The van der Waals surface area contributed by atoms with Crippen molar-refractivity contribution in [3.8, 4) is 5.75 Å². The average molecular weight is 385 g/mol. The van der Waals surface area contributed by atoms with Crippen LogP contribution in [0.3, 0.4) is 0 Å². The molecule has 1 aliphatic rings. The fraction of sp³-hybridized carbons (Fsp3) is 0.286. The quantitative estimate of drug-likeness (QED) is 0.717. The van der Waals surface area contributed by atoms with Crippen LogP contribution in [0.4, 0.5) is 4.39 Å². The highest BCUT2D eigenvalue weighted by Gasteiger charge is 2.23. The Bertz CT molecular complexity index is 985.